The summed E-state index contributed by atoms with van der Waals surface area (Å²) in [6.45, 7) is 12.4. The highest BCUT2D eigenvalue weighted by atomic mass is 16.5. The van der Waals surface area contributed by atoms with Crippen LogP contribution >= 0.6 is 0 Å². The van der Waals surface area contributed by atoms with E-state index in [9.17, 15) is 14.7 Å². The normalized spacial score (nSPS) is 38.7. The van der Waals surface area contributed by atoms with Crippen molar-refractivity contribution in [1.29, 1.82) is 0 Å². The number of ether oxygens (including phenoxy) is 1. The first-order valence-electron chi connectivity index (χ1n) is 15.3. The highest BCUT2D eigenvalue weighted by Crippen LogP contribution is 2.67. The van der Waals surface area contributed by atoms with Crippen molar-refractivity contribution < 1.29 is 19.4 Å². The van der Waals surface area contributed by atoms with Gasteiger partial charge < -0.3 is 20.4 Å². The lowest BCUT2D eigenvalue weighted by molar-refractivity contribution is -0.307. The summed E-state index contributed by atoms with van der Waals surface area (Å²) < 4.78 is 5.78. The molecule has 0 aromatic carbocycles. The number of carbonyl (C=O) groups is 2. The van der Waals surface area contributed by atoms with Gasteiger partial charge in [0.25, 0.3) is 0 Å². The number of carboxylic acid groups (broad SMARTS) is 1. The summed E-state index contributed by atoms with van der Waals surface area (Å²) in [5.74, 6) is 3.26. The van der Waals surface area contributed by atoms with E-state index in [1.54, 1.807) is 0 Å². The highest BCUT2D eigenvalue weighted by molar-refractivity contribution is 5.74. The van der Waals surface area contributed by atoms with E-state index in [1.807, 2.05) is 0 Å². The molecule has 4 aliphatic rings. The highest BCUT2D eigenvalue weighted by Gasteiger charge is 2.59. The molecule has 0 bridgehead atoms. The van der Waals surface area contributed by atoms with Gasteiger partial charge in [0.05, 0.1) is 5.97 Å². The van der Waals surface area contributed by atoms with Gasteiger partial charge in [-0.05, 0) is 97.7 Å². The predicted molar refractivity (Wildman–Crippen MR) is 145 cm³/mol. The summed E-state index contributed by atoms with van der Waals surface area (Å²) in [5.41, 5.74) is 7.72. The van der Waals surface area contributed by atoms with Crippen LogP contribution in [-0.4, -0.2) is 24.1 Å². The van der Waals surface area contributed by atoms with Crippen LogP contribution in [0.15, 0.2) is 11.6 Å². The largest absolute Gasteiger partial charge is 0.548 e. The van der Waals surface area contributed by atoms with Crippen LogP contribution in [0.1, 0.15) is 118 Å². The molecule has 0 aromatic heterocycles. The molecule has 0 aromatic rings. The molecule has 3 saturated carbocycles. The monoisotopic (exact) mass is 514 g/mol. The van der Waals surface area contributed by atoms with Gasteiger partial charge in [-0.15, -0.1) is 0 Å². The quantitative estimate of drug-likeness (QED) is 0.294. The minimum atomic E-state index is -1.32. The number of nitrogens with two attached hydrogens (primary N) is 1. The lowest BCUT2D eigenvalue weighted by Gasteiger charge is -2.58. The fourth-order valence-electron chi connectivity index (χ4n) is 9.39. The molecule has 4 rings (SSSR count). The first-order valence-corrected chi connectivity index (χ1v) is 15.3. The van der Waals surface area contributed by atoms with Crippen molar-refractivity contribution in [3.05, 3.63) is 11.6 Å². The number of hydrogen-bond donors (Lipinski definition) is 1. The molecule has 5 heteroatoms. The van der Waals surface area contributed by atoms with Gasteiger partial charge in [-0.2, -0.15) is 0 Å². The molecule has 0 unspecified atom stereocenters. The van der Waals surface area contributed by atoms with Gasteiger partial charge in [-0.25, -0.2) is 0 Å². The first-order chi connectivity index (χ1) is 17.5. The van der Waals surface area contributed by atoms with Crippen LogP contribution in [0.3, 0.4) is 0 Å². The SMILES string of the molecule is CC(C)CCC[C@@H](C)[C@H]1CC[C@H]2[C@@H]3CC=C4C[C@@H](OC(=O)CC[C@H](N)C(=O)[O-])CC[C@]4(C)[C@H]3CC[C@]12C. The van der Waals surface area contributed by atoms with Crippen LogP contribution in [0.5, 0.6) is 0 Å². The Hall–Kier alpha value is -1.36. The fourth-order valence-corrected chi connectivity index (χ4v) is 9.39. The molecule has 0 amide bonds. The van der Waals surface area contributed by atoms with E-state index in [0.717, 1.165) is 54.8 Å². The molecule has 37 heavy (non-hydrogen) atoms. The molecule has 0 radical (unpaired) electrons. The van der Waals surface area contributed by atoms with Crippen LogP contribution in [0.25, 0.3) is 0 Å². The van der Waals surface area contributed by atoms with Gasteiger partial charge in [0.1, 0.15) is 6.10 Å². The molecule has 0 heterocycles. The predicted octanol–water partition coefficient (Wildman–Crippen LogP) is 5.80. The Balaban J connectivity index is 1.37. The minimum absolute atomic E-state index is 0.0317. The van der Waals surface area contributed by atoms with Crippen molar-refractivity contribution in [1.82, 2.24) is 0 Å². The lowest BCUT2D eigenvalue weighted by Crippen LogP contribution is -2.51. The first kappa shape index (κ1) is 28.6. The zero-order valence-electron chi connectivity index (χ0n) is 24.1. The van der Waals surface area contributed by atoms with Gasteiger partial charge in [0.2, 0.25) is 0 Å². The molecule has 5 nitrogen and oxygen atoms in total. The Kier molecular flexibility index (Phi) is 8.83. The Labute approximate surface area is 225 Å². The van der Waals surface area contributed by atoms with Gasteiger partial charge in [-0.3, -0.25) is 4.79 Å². The van der Waals surface area contributed by atoms with E-state index in [2.05, 4.69) is 40.7 Å². The summed E-state index contributed by atoms with van der Waals surface area (Å²) >= 11 is 0. The van der Waals surface area contributed by atoms with Gasteiger partial charge in [0, 0.05) is 18.9 Å². The molecule has 0 saturated heterocycles. The summed E-state index contributed by atoms with van der Waals surface area (Å²) in [6.07, 6.45) is 16.2. The standard InChI is InChI=1S/C32H53NO4/c1-20(2)7-6-8-21(3)25-11-12-26-24-10-9-22-19-23(37-29(34)14-13-28(33)30(35)36)15-17-31(22,4)27(24)16-18-32(25,26)5/h9,20-21,23-28H,6-8,10-19,33H2,1-5H3,(H,35,36)/p-1/t21-,23+,24+,25-,26+,27+,28+,31+,32-/m1/s1. The molecule has 9 atom stereocenters. The molecule has 0 aliphatic heterocycles. The number of aliphatic carboxylic acids is 1. The van der Waals surface area contributed by atoms with Crippen LogP contribution in [0.4, 0.5) is 0 Å². The second kappa shape index (κ2) is 11.4. The molecular formula is C32H52NO4-. The van der Waals surface area contributed by atoms with Crippen molar-refractivity contribution in [2.24, 2.45) is 52.1 Å². The van der Waals surface area contributed by atoms with Crippen molar-refractivity contribution in [2.45, 2.75) is 130 Å². The van der Waals surface area contributed by atoms with Crippen molar-refractivity contribution in [3.8, 4) is 0 Å². The Morgan fingerprint density at radius 3 is 2.51 bits per heavy atom. The van der Waals surface area contributed by atoms with Crippen LogP contribution in [0.2, 0.25) is 0 Å². The van der Waals surface area contributed by atoms with Crippen molar-refractivity contribution in [2.75, 3.05) is 0 Å². The topological polar surface area (TPSA) is 92.5 Å². The Bertz CT molecular complexity index is 867. The third-order valence-electron chi connectivity index (χ3n) is 11.5. The van der Waals surface area contributed by atoms with Crippen LogP contribution in [-0.2, 0) is 14.3 Å². The maximum Gasteiger partial charge on any atom is 0.306 e. The Morgan fingerprint density at radius 1 is 1.05 bits per heavy atom. The fraction of sp³-hybridized carbons (Fsp3) is 0.875. The Morgan fingerprint density at radius 2 is 1.81 bits per heavy atom. The minimum Gasteiger partial charge on any atom is -0.548 e. The summed E-state index contributed by atoms with van der Waals surface area (Å²) in [6, 6.07) is -1.12. The number of hydrogen-bond acceptors (Lipinski definition) is 5. The van der Waals surface area contributed by atoms with E-state index in [1.165, 1.54) is 56.9 Å². The van der Waals surface area contributed by atoms with Crippen LogP contribution in [0, 0.1) is 46.3 Å². The second-order valence-corrected chi connectivity index (χ2v) is 14.1. The van der Waals surface area contributed by atoms with Gasteiger partial charge in [0.15, 0.2) is 0 Å². The number of esters is 1. The van der Waals surface area contributed by atoms with Crippen molar-refractivity contribution >= 4 is 11.9 Å². The number of carboxylic acids is 1. The summed E-state index contributed by atoms with van der Waals surface area (Å²) in [5, 5.41) is 10.8. The molecule has 2 N–H and O–H groups in total. The average molecular weight is 515 g/mol. The summed E-state index contributed by atoms with van der Waals surface area (Å²) in [7, 11) is 0. The van der Waals surface area contributed by atoms with E-state index >= 15 is 0 Å². The number of rotatable bonds is 10. The molecule has 3 fully saturated rings. The molecular weight excluding hydrogens is 462 g/mol. The van der Waals surface area contributed by atoms with Crippen LogP contribution < -0.4 is 10.8 Å². The number of carbonyl (C=O) groups excluding carboxylic acids is 2. The number of fused-ring (bicyclic) bond motifs is 5. The maximum atomic E-state index is 12.3. The molecule has 0 spiro atoms. The summed E-state index contributed by atoms with van der Waals surface area (Å²) in [4.78, 5) is 23.2. The number of allylic oxidation sites excluding steroid dienone is 1. The smallest absolute Gasteiger partial charge is 0.306 e. The van der Waals surface area contributed by atoms with E-state index in [4.69, 9.17) is 10.5 Å². The zero-order valence-corrected chi connectivity index (χ0v) is 24.1. The lowest BCUT2D eigenvalue weighted by atomic mass is 9.47. The van der Waals surface area contributed by atoms with E-state index in [0.29, 0.717) is 5.41 Å². The van der Waals surface area contributed by atoms with Gasteiger partial charge in [-0.1, -0.05) is 65.5 Å². The third-order valence-corrected chi connectivity index (χ3v) is 11.5. The molecule has 4 aliphatic carbocycles. The average Bonchev–Trinajstić information content (AvgIpc) is 3.19. The van der Waals surface area contributed by atoms with Gasteiger partial charge >= 0.3 is 5.97 Å². The zero-order chi connectivity index (χ0) is 27.0. The maximum absolute atomic E-state index is 12.3. The second-order valence-electron chi connectivity index (χ2n) is 14.1. The van der Waals surface area contributed by atoms with E-state index < -0.39 is 12.0 Å². The third kappa shape index (κ3) is 5.82. The van der Waals surface area contributed by atoms with E-state index in [-0.39, 0.29) is 30.3 Å². The van der Waals surface area contributed by atoms with Crippen molar-refractivity contribution in [3.63, 3.8) is 0 Å². The molecule has 210 valence electrons.